The monoisotopic (exact) mass is 250 g/mol. The molecule has 0 saturated carbocycles. The first-order valence-corrected chi connectivity index (χ1v) is 4.98. The molecule has 0 saturated heterocycles. The van der Waals surface area contributed by atoms with E-state index in [4.69, 9.17) is 5.26 Å². The average molecular weight is 251 g/mol. The molecule has 0 spiro atoms. The second kappa shape index (κ2) is 3.39. The highest BCUT2D eigenvalue weighted by molar-refractivity contribution is 9.10. The molecule has 0 unspecified atom stereocenters. The first kappa shape index (κ1) is 9.16. The Morgan fingerprint density at radius 1 is 1.50 bits per heavy atom. The molecule has 0 aliphatic heterocycles. The number of halogens is 1. The lowest BCUT2D eigenvalue weighted by Crippen LogP contribution is -1.95. The first-order valence-electron chi connectivity index (χ1n) is 4.19. The third-order valence-corrected chi connectivity index (χ3v) is 2.31. The van der Waals surface area contributed by atoms with Gasteiger partial charge in [0.05, 0.1) is 5.69 Å². The van der Waals surface area contributed by atoms with Gasteiger partial charge in [-0.25, -0.2) is 9.97 Å². The Hall–Kier alpha value is -1.41. The summed E-state index contributed by atoms with van der Waals surface area (Å²) < 4.78 is 2.57. The number of nitrogens with zero attached hydrogens (tertiary/aromatic N) is 4. The molecule has 2 rings (SSSR count). The molecule has 2 heterocycles. The van der Waals surface area contributed by atoms with Crippen molar-refractivity contribution in [3.8, 4) is 6.07 Å². The van der Waals surface area contributed by atoms with E-state index in [9.17, 15) is 0 Å². The second-order valence-electron chi connectivity index (χ2n) is 2.83. The smallest absolute Gasteiger partial charge is 0.160 e. The lowest BCUT2D eigenvalue weighted by atomic mass is 10.3. The summed E-state index contributed by atoms with van der Waals surface area (Å²) in [5.41, 5.74) is 2.06. The van der Waals surface area contributed by atoms with Crippen LogP contribution >= 0.6 is 15.9 Å². The summed E-state index contributed by atoms with van der Waals surface area (Å²) in [5.74, 6) is 0. The van der Waals surface area contributed by atoms with Crippen LogP contribution in [0.1, 0.15) is 18.3 Å². The first-order chi connectivity index (χ1) is 6.74. The van der Waals surface area contributed by atoms with Crippen molar-refractivity contribution in [1.29, 1.82) is 5.26 Å². The fourth-order valence-electron chi connectivity index (χ4n) is 1.32. The lowest BCUT2D eigenvalue weighted by molar-refractivity contribution is 0.977. The SMILES string of the molecule is CCc1nc(Br)cn2cc(C#N)nc12. The van der Waals surface area contributed by atoms with Crippen LogP contribution in [0.25, 0.3) is 5.65 Å². The zero-order valence-electron chi connectivity index (χ0n) is 7.53. The third kappa shape index (κ3) is 1.38. The normalized spacial score (nSPS) is 10.4. The molecule has 2 aromatic heterocycles. The fraction of sp³-hybridized carbons (Fsp3) is 0.222. The van der Waals surface area contributed by atoms with Crippen molar-refractivity contribution in [2.24, 2.45) is 0 Å². The van der Waals surface area contributed by atoms with Crippen LogP contribution in [0.4, 0.5) is 0 Å². The molecule has 70 valence electrons. The van der Waals surface area contributed by atoms with E-state index >= 15 is 0 Å². The van der Waals surface area contributed by atoms with Gasteiger partial charge in [0.15, 0.2) is 11.3 Å². The molecule has 4 nitrogen and oxygen atoms in total. The van der Waals surface area contributed by atoms with Gasteiger partial charge >= 0.3 is 0 Å². The Morgan fingerprint density at radius 3 is 2.93 bits per heavy atom. The van der Waals surface area contributed by atoms with E-state index in [-0.39, 0.29) is 0 Å². The second-order valence-corrected chi connectivity index (χ2v) is 3.65. The highest BCUT2D eigenvalue weighted by atomic mass is 79.9. The molecule has 5 heteroatoms. The number of aryl methyl sites for hydroxylation is 1. The minimum absolute atomic E-state index is 0.416. The number of imidazole rings is 1. The maximum absolute atomic E-state index is 8.71. The van der Waals surface area contributed by atoms with Crippen LogP contribution in [0.3, 0.4) is 0 Å². The van der Waals surface area contributed by atoms with E-state index in [1.54, 1.807) is 12.4 Å². The number of rotatable bonds is 1. The molecule has 0 aliphatic carbocycles. The highest BCUT2D eigenvalue weighted by Gasteiger charge is 2.07. The van der Waals surface area contributed by atoms with Crippen molar-refractivity contribution in [3.05, 3.63) is 28.4 Å². The lowest BCUT2D eigenvalue weighted by Gasteiger charge is -1.99. The van der Waals surface area contributed by atoms with Crippen LogP contribution in [0.15, 0.2) is 17.0 Å². The summed E-state index contributed by atoms with van der Waals surface area (Å²) >= 11 is 3.31. The predicted octanol–water partition coefficient (Wildman–Crippen LogP) is 1.93. The summed E-state index contributed by atoms with van der Waals surface area (Å²) in [4.78, 5) is 8.45. The van der Waals surface area contributed by atoms with Crippen molar-refractivity contribution < 1.29 is 0 Å². The minimum atomic E-state index is 0.416. The molecule has 0 bridgehead atoms. The maximum Gasteiger partial charge on any atom is 0.160 e. The summed E-state index contributed by atoms with van der Waals surface area (Å²) in [6, 6.07) is 2.01. The molecular formula is C9H7BrN4. The quantitative estimate of drug-likeness (QED) is 0.778. The van der Waals surface area contributed by atoms with E-state index in [1.807, 2.05) is 17.4 Å². The zero-order valence-corrected chi connectivity index (χ0v) is 9.11. The zero-order chi connectivity index (χ0) is 10.1. The topological polar surface area (TPSA) is 54.0 Å². The van der Waals surface area contributed by atoms with Gasteiger partial charge in [-0.1, -0.05) is 6.92 Å². The van der Waals surface area contributed by atoms with Crippen molar-refractivity contribution in [3.63, 3.8) is 0 Å². The maximum atomic E-state index is 8.71. The Balaban J connectivity index is 2.79. The molecule has 0 atom stereocenters. The summed E-state index contributed by atoms with van der Waals surface area (Å²) in [6.07, 6.45) is 4.29. The van der Waals surface area contributed by atoms with Gasteiger partial charge in [0, 0.05) is 12.4 Å². The van der Waals surface area contributed by atoms with Crippen LogP contribution in [0.2, 0.25) is 0 Å². The minimum Gasteiger partial charge on any atom is -0.301 e. The van der Waals surface area contributed by atoms with Crippen LogP contribution in [-0.2, 0) is 6.42 Å². The van der Waals surface area contributed by atoms with Gasteiger partial charge in [0.2, 0.25) is 0 Å². The van der Waals surface area contributed by atoms with Gasteiger partial charge in [0.1, 0.15) is 10.7 Å². The van der Waals surface area contributed by atoms with Gasteiger partial charge in [0.25, 0.3) is 0 Å². The number of nitriles is 1. The van der Waals surface area contributed by atoms with Crippen molar-refractivity contribution in [2.75, 3.05) is 0 Å². The molecular weight excluding hydrogens is 244 g/mol. The molecule has 14 heavy (non-hydrogen) atoms. The van der Waals surface area contributed by atoms with E-state index in [0.717, 1.165) is 22.4 Å². The standard InChI is InChI=1S/C9H7BrN4/c1-2-7-9-12-6(3-11)4-14(9)5-8(10)13-7/h4-5H,2H2,1H3. The van der Waals surface area contributed by atoms with Gasteiger partial charge in [-0.2, -0.15) is 5.26 Å². The van der Waals surface area contributed by atoms with Gasteiger partial charge < -0.3 is 4.40 Å². The molecule has 0 aromatic carbocycles. The van der Waals surface area contributed by atoms with E-state index < -0.39 is 0 Å². The van der Waals surface area contributed by atoms with E-state index in [0.29, 0.717) is 5.69 Å². The number of fused-ring (bicyclic) bond motifs is 1. The molecule has 0 amide bonds. The van der Waals surface area contributed by atoms with Gasteiger partial charge in [-0.05, 0) is 22.4 Å². The largest absolute Gasteiger partial charge is 0.301 e. The van der Waals surface area contributed by atoms with Gasteiger partial charge in [-0.3, -0.25) is 0 Å². The molecule has 2 aromatic rings. The molecule has 0 N–H and O–H groups in total. The van der Waals surface area contributed by atoms with E-state index in [2.05, 4.69) is 25.9 Å². The van der Waals surface area contributed by atoms with Crippen molar-refractivity contribution in [1.82, 2.24) is 14.4 Å². The number of hydrogen-bond acceptors (Lipinski definition) is 3. The summed E-state index contributed by atoms with van der Waals surface area (Å²) in [7, 11) is 0. The molecule has 0 aliphatic rings. The summed E-state index contributed by atoms with van der Waals surface area (Å²) in [6.45, 7) is 2.01. The average Bonchev–Trinajstić information content (AvgIpc) is 2.59. The number of hydrogen-bond donors (Lipinski definition) is 0. The van der Waals surface area contributed by atoms with Crippen LogP contribution in [0, 0.1) is 11.3 Å². The highest BCUT2D eigenvalue weighted by Crippen LogP contribution is 2.14. The number of aromatic nitrogens is 3. The summed E-state index contributed by atoms with van der Waals surface area (Å²) in [5, 5.41) is 8.71. The van der Waals surface area contributed by atoms with Gasteiger partial charge in [-0.15, -0.1) is 0 Å². The van der Waals surface area contributed by atoms with Crippen LogP contribution in [0.5, 0.6) is 0 Å². The Morgan fingerprint density at radius 2 is 2.29 bits per heavy atom. The predicted molar refractivity (Wildman–Crippen MR) is 54.8 cm³/mol. The molecule has 0 radical (unpaired) electrons. The molecule has 0 fully saturated rings. The Labute approximate surface area is 89.3 Å². The van der Waals surface area contributed by atoms with E-state index in [1.165, 1.54) is 0 Å². The Bertz CT molecular complexity index is 523. The van der Waals surface area contributed by atoms with Crippen LogP contribution in [-0.4, -0.2) is 14.4 Å². The van der Waals surface area contributed by atoms with Crippen molar-refractivity contribution in [2.45, 2.75) is 13.3 Å². The van der Waals surface area contributed by atoms with Crippen LogP contribution < -0.4 is 0 Å². The Kier molecular flexibility index (Phi) is 2.22. The van der Waals surface area contributed by atoms with Crippen molar-refractivity contribution >= 4 is 21.6 Å². The fourth-order valence-corrected chi connectivity index (χ4v) is 1.75. The third-order valence-electron chi connectivity index (χ3n) is 1.93.